The molecule has 1 aromatic carbocycles. The molecule has 0 radical (unpaired) electrons. The number of benzene rings is 1. The molecule has 3 rings (SSSR count). The Morgan fingerprint density at radius 2 is 1.96 bits per heavy atom. The van der Waals surface area contributed by atoms with E-state index in [-0.39, 0.29) is 17.8 Å². The zero-order chi connectivity index (χ0) is 20.1. The van der Waals surface area contributed by atoms with Crippen molar-refractivity contribution in [3.05, 3.63) is 71.7 Å². The highest BCUT2D eigenvalue weighted by Crippen LogP contribution is 2.21. The maximum atomic E-state index is 13.1. The van der Waals surface area contributed by atoms with Crippen LogP contribution >= 0.6 is 0 Å². The minimum Gasteiger partial charge on any atom is -0.468 e. The van der Waals surface area contributed by atoms with Crippen molar-refractivity contribution in [2.45, 2.75) is 26.8 Å². The lowest BCUT2D eigenvalue weighted by atomic mass is 10.1. The summed E-state index contributed by atoms with van der Waals surface area (Å²) in [5, 5.41) is 7.28. The quantitative estimate of drug-likeness (QED) is 0.643. The number of rotatable bonds is 8. The van der Waals surface area contributed by atoms with Gasteiger partial charge in [-0.15, -0.1) is 0 Å². The van der Waals surface area contributed by atoms with Crippen LogP contribution < -0.4 is 5.32 Å². The maximum Gasteiger partial charge on any atom is 0.254 e. The molecule has 2 heterocycles. The molecule has 28 heavy (non-hydrogen) atoms. The zero-order valence-electron chi connectivity index (χ0n) is 16.4. The van der Waals surface area contributed by atoms with Crippen molar-refractivity contribution >= 4 is 5.91 Å². The second-order valence-corrected chi connectivity index (χ2v) is 6.49. The molecule has 0 fully saturated rings. The van der Waals surface area contributed by atoms with E-state index in [0.717, 1.165) is 18.8 Å². The van der Waals surface area contributed by atoms with E-state index in [9.17, 15) is 9.18 Å². The fourth-order valence-corrected chi connectivity index (χ4v) is 3.31. The molecule has 148 valence electrons. The third-order valence-electron chi connectivity index (χ3n) is 4.91. The zero-order valence-corrected chi connectivity index (χ0v) is 16.4. The van der Waals surface area contributed by atoms with Gasteiger partial charge in [-0.25, -0.2) is 9.07 Å². The standard InChI is InChI=1S/C21H25FN4O2/c1-4-25(5-2)19(20-7-6-12-28-20)14-23-21(27)18-13-24-26(15(18)3)17-10-8-16(22)9-11-17/h6-13,19H,4-5,14H2,1-3H3,(H,23,27). The van der Waals surface area contributed by atoms with Crippen LogP contribution in [0.3, 0.4) is 0 Å². The van der Waals surface area contributed by atoms with Crippen LogP contribution in [0.5, 0.6) is 0 Å². The number of aromatic nitrogens is 2. The summed E-state index contributed by atoms with van der Waals surface area (Å²) in [5.74, 6) is 0.309. The topological polar surface area (TPSA) is 63.3 Å². The first-order valence-electron chi connectivity index (χ1n) is 9.41. The Morgan fingerprint density at radius 3 is 2.57 bits per heavy atom. The Hall–Kier alpha value is -2.93. The van der Waals surface area contributed by atoms with Gasteiger partial charge in [-0.3, -0.25) is 9.69 Å². The van der Waals surface area contributed by atoms with E-state index < -0.39 is 0 Å². The molecule has 0 aliphatic carbocycles. The summed E-state index contributed by atoms with van der Waals surface area (Å²) in [7, 11) is 0. The summed E-state index contributed by atoms with van der Waals surface area (Å²) in [6, 6.07) is 9.73. The van der Waals surface area contributed by atoms with E-state index in [4.69, 9.17) is 4.42 Å². The molecular formula is C21H25FN4O2. The summed E-state index contributed by atoms with van der Waals surface area (Å²) >= 11 is 0. The highest BCUT2D eigenvalue weighted by atomic mass is 19.1. The molecule has 0 aliphatic rings. The summed E-state index contributed by atoms with van der Waals surface area (Å²) < 4.78 is 20.3. The lowest BCUT2D eigenvalue weighted by molar-refractivity contribution is 0.0929. The number of carbonyl (C=O) groups excluding carboxylic acids is 1. The second-order valence-electron chi connectivity index (χ2n) is 6.49. The van der Waals surface area contributed by atoms with Gasteiger partial charge in [0.05, 0.1) is 35.4 Å². The minimum absolute atomic E-state index is 0.0404. The number of nitrogens with zero attached hydrogens (tertiary/aromatic N) is 3. The van der Waals surface area contributed by atoms with Crippen molar-refractivity contribution in [2.75, 3.05) is 19.6 Å². The van der Waals surface area contributed by atoms with Crippen molar-refractivity contribution in [3.63, 3.8) is 0 Å². The monoisotopic (exact) mass is 384 g/mol. The molecule has 0 aliphatic heterocycles. The highest BCUT2D eigenvalue weighted by molar-refractivity contribution is 5.95. The number of nitrogens with one attached hydrogen (secondary N) is 1. The Balaban J connectivity index is 1.74. The van der Waals surface area contributed by atoms with Gasteiger partial charge in [-0.1, -0.05) is 13.8 Å². The van der Waals surface area contributed by atoms with E-state index in [1.54, 1.807) is 23.1 Å². The van der Waals surface area contributed by atoms with Crippen molar-refractivity contribution in [1.82, 2.24) is 20.0 Å². The summed E-state index contributed by atoms with van der Waals surface area (Å²) in [6.45, 7) is 8.10. The Kier molecular flexibility index (Phi) is 6.26. The molecule has 0 saturated carbocycles. The van der Waals surface area contributed by atoms with Crippen LogP contribution in [0, 0.1) is 12.7 Å². The molecule has 2 aromatic heterocycles. The molecule has 1 unspecified atom stereocenters. The normalized spacial score (nSPS) is 12.3. The van der Waals surface area contributed by atoms with Gasteiger partial charge in [0.15, 0.2) is 0 Å². The third-order valence-corrected chi connectivity index (χ3v) is 4.91. The van der Waals surface area contributed by atoms with Crippen LogP contribution in [-0.2, 0) is 0 Å². The number of halogens is 1. The lowest BCUT2D eigenvalue weighted by Gasteiger charge is -2.28. The van der Waals surface area contributed by atoms with Crippen LogP contribution in [0.4, 0.5) is 4.39 Å². The van der Waals surface area contributed by atoms with Crippen LogP contribution in [0.15, 0.2) is 53.3 Å². The van der Waals surface area contributed by atoms with Crippen molar-refractivity contribution in [2.24, 2.45) is 0 Å². The van der Waals surface area contributed by atoms with Crippen LogP contribution in [-0.4, -0.2) is 40.2 Å². The molecule has 1 atom stereocenters. The Labute approximate surface area is 164 Å². The van der Waals surface area contributed by atoms with E-state index in [1.807, 2.05) is 19.1 Å². The van der Waals surface area contributed by atoms with E-state index in [1.165, 1.54) is 18.3 Å². The van der Waals surface area contributed by atoms with Gasteiger partial charge < -0.3 is 9.73 Å². The van der Waals surface area contributed by atoms with E-state index >= 15 is 0 Å². The number of hydrogen-bond acceptors (Lipinski definition) is 4. The van der Waals surface area contributed by atoms with Crippen LogP contribution in [0.1, 0.15) is 41.7 Å². The maximum absolute atomic E-state index is 13.1. The predicted molar refractivity (Wildman–Crippen MR) is 105 cm³/mol. The molecule has 1 N–H and O–H groups in total. The summed E-state index contributed by atoms with van der Waals surface area (Å²) in [6.07, 6.45) is 3.18. The molecular weight excluding hydrogens is 359 g/mol. The summed E-state index contributed by atoms with van der Waals surface area (Å²) in [5.41, 5.74) is 1.89. The largest absolute Gasteiger partial charge is 0.468 e. The number of furan rings is 1. The third kappa shape index (κ3) is 4.14. The number of amides is 1. The average Bonchev–Trinajstić information content (AvgIpc) is 3.36. The SMILES string of the molecule is CCN(CC)C(CNC(=O)c1cnn(-c2ccc(F)cc2)c1C)c1ccco1. The molecule has 0 saturated heterocycles. The van der Waals surface area contributed by atoms with Gasteiger partial charge in [0.2, 0.25) is 0 Å². The van der Waals surface area contributed by atoms with E-state index in [0.29, 0.717) is 23.5 Å². The molecule has 0 spiro atoms. The van der Waals surface area contributed by atoms with Gasteiger partial charge in [0.25, 0.3) is 5.91 Å². The van der Waals surface area contributed by atoms with E-state index in [2.05, 4.69) is 29.2 Å². The predicted octanol–water partition coefficient (Wildman–Crippen LogP) is 3.73. The van der Waals surface area contributed by atoms with Gasteiger partial charge in [-0.05, 0) is 56.4 Å². The lowest BCUT2D eigenvalue weighted by Crippen LogP contribution is -2.38. The van der Waals surface area contributed by atoms with Gasteiger partial charge in [0, 0.05) is 6.54 Å². The van der Waals surface area contributed by atoms with Crippen molar-refractivity contribution in [3.8, 4) is 5.69 Å². The Bertz CT molecular complexity index is 899. The molecule has 3 aromatic rings. The fraction of sp³-hybridized carbons (Fsp3) is 0.333. The number of carbonyl (C=O) groups is 1. The minimum atomic E-state index is -0.313. The first kappa shape index (κ1) is 19.8. The molecule has 1 amide bonds. The Morgan fingerprint density at radius 1 is 1.25 bits per heavy atom. The number of likely N-dealkylation sites (N-methyl/N-ethyl adjacent to an activating group) is 1. The summed E-state index contributed by atoms with van der Waals surface area (Å²) in [4.78, 5) is 15.0. The van der Waals surface area contributed by atoms with Gasteiger partial charge in [-0.2, -0.15) is 5.10 Å². The fourth-order valence-electron chi connectivity index (χ4n) is 3.31. The number of hydrogen-bond donors (Lipinski definition) is 1. The molecule has 6 nitrogen and oxygen atoms in total. The van der Waals surface area contributed by atoms with Crippen molar-refractivity contribution < 1.29 is 13.6 Å². The van der Waals surface area contributed by atoms with Gasteiger partial charge >= 0.3 is 0 Å². The highest BCUT2D eigenvalue weighted by Gasteiger charge is 2.23. The van der Waals surface area contributed by atoms with Crippen LogP contribution in [0.2, 0.25) is 0 Å². The second kappa shape index (κ2) is 8.84. The molecule has 0 bridgehead atoms. The first-order valence-corrected chi connectivity index (χ1v) is 9.41. The van der Waals surface area contributed by atoms with Crippen LogP contribution in [0.25, 0.3) is 5.69 Å². The average molecular weight is 384 g/mol. The first-order chi connectivity index (χ1) is 13.5. The van der Waals surface area contributed by atoms with Gasteiger partial charge in [0.1, 0.15) is 11.6 Å². The molecule has 7 heteroatoms. The smallest absolute Gasteiger partial charge is 0.254 e. The van der Waals surface area contributed by atoms with Crippen molar-refractivity contribution in [1.29, 1.82) is 0 Å².